The molecule has 0 bridgehead atoms. The third kappa shape index (κ3) is 4.70. The average Bonchev–Trinajstić information content (AvgIpc) is 3.05. The van der Waals surface area contributed by atoms with Gasteiger partial charge in [-0.2, -0.15) is 9.40 Å². The third-order valence-corrected chi connectivity index (χ3v) is 7.24. The Morgan fingerprint density at radius 2 is 1.72 bits per heavy atom. The number of benzene rings is 1. The van der Waals surface area contributed by atoms with Crippen molar-refractivity contribution in [2.45, 2.75) is 56.9 Å². The Bertz CT molecular complexity index is 980. The maximum Gasteiger partial charge on any atom is 0.269 e. The predicted octanol–water partition coefficient (Wildman–Crippen LogP) is 2.61. The highest BCUT2D eigenvalue weighted by Gasteiger charge is 2.30. The van der Waals surface area contributed by atoms with Gasteiger partial charge in [-0.05, 0) is 38.0 Å². The Morgan fingerprint density at radius 1 is 1.14 bits per heavy atom. The summed E-state index contributed by atoms with van der Waals surface area (Å²) in [5.41, 5.74) is 2.27. The topological polar surface area (TPSA) is 84.3 Å². The standard InChI is InChI=1S/C21H30N4O3S/c1-15-6-8-17(9-7-15)29(27,28)25-12-10-16(11-13-25)22-20(26)18-14-19(21(2,3)4)23-24(18)5/h6-9,14,16H,10-13H2,1-5H3,(H,22,26). The van der Waals surface area contributed by atoms with E-state index in [2.05, 4.69) is 31.2 Å². The normalized spacial score (nSPS) is 16.7. The summed E-state index contributed by atoms with van der Waals surface area (Å²) in [7, 11) is -1.73. The highest BCUT2D eigenvalue weighted by Crippen LogP contribution is 2.23. The SMILES string of the molecule is Cc1ccc(S(=O)(=O)N2CCC(NC(=O)c3cc(C(C)(C)C)nn3C)CC2)cc1. The minimum atomic E-state index is -3.50. The Hall–Kier alpha value is -2.19. The van der Waals surface area contributed by atoms with Gasteiger partial charge in [-0.15, -0.1) is 0 Å². The molecule has 1 aliphatic heterocycles. The number of aryl methyl sites for hydroxylation is 2. The van der Waals surface area contributed by atoms with Crippen molar-refractivity contribution in [3.63, 3.8) is 0 Å². The fourth-order valence-corrected chi connectivity index (χ4v) is 4.88. The van der Waals surface area contributed by atoms with Crippen molar-refractivity contribution in [2.24, 2.45) is 7.05 Å². The van der Waals surface area contributed by atoms with Crippen LogP contribution in [0, 0.1) is 6.92 Å². The first-order valence-electron chi connectivity index (χ1n) is 9.90. The summed E-state index contributed by atoms with van der Waals surface area (Å²) < 4.78 is 28.7. The van der Waals surface area contributed by atoms with Crippen LogP contribution >= 0.6 is 0 Å². The van der Waals surface area contributed by atoms with Crippen molar-refractivity contribution in [1.29, 1.82) is 0 Å². The number of carbonyl (C=O) groups is 1. The molecule has 2 heterocycles. The van der Waals surface area contributed by atoms with Gasteiger partial charge in [0.25, 0.3) is 5.91 Å². The molecule has 1 aromatic heterocycles. The van der Waals surface area contributed by atoms with Crippen molar-refractivity contribution >= 4 is 15.9 Å². The van der Waals surface area contributed by atoms with Crippen LogP contribution in [0.25, 0.3) is 0 Å². The summed E-state index contributed by atoms with van der Waals surface area (Å²) in [6.07, 6.45) is 1.17. The number of piperidine rings is 1. The molecule has 0 atom stereocenters. The van der Waals surface area contributed by atoms with Crippen LogP contribution in [-0.2, 0) is 22.5 Å². The second-order valence-corrected chi connectivity index (χ2v) is 10.7. The number of hydrogen-bond acceptors (Lipinski definition) is 4. The van der Waals surface area contributed by atoms with Gasteiger partial charge in [0.15, 0.2) is 0 Å². The van der Waals surface area contributed by atoms with E-state index in [1.807, 2.05) is 13.0 Å². The minimum Gasteiger partial charge on any atom is -0.348 e. The maximum atomic E-state index is 12.8. The molecule has 2 aromatic rings. The number of sulfonamides is 1. The maximum absolute atomic E-state index is 12.8. The van der Waals surface area contributed by atoms with Gasteiger partial charge >= 0.3 is 0 Å². The summed E-state index contributed by atoms with van der Waals surface area (Å²) in [5, 5.41) is 7.49. The van der Waals surface area contributed by atoms with E-state index in [0.717, 1.165) is 11.3 Å². The first kappa shape index (κ1) is 21.5. The van der Waals surface area contributed by atoms with Crippen molar-refractivity contribution in [3.05, 3.63) is 47.3 Å². The molecule has 158 valence electrons. The molecule has 29 heavy (non-hydrogen) atoms. The average molecular weight is 419 g/mol. The zero-order chi connectivity index (χ0) is 21.4. The molecule has 8 heteroatoms. The molecule has 1 fully saturated rings. The number of aromatic nitrogens is 2. The van der Waals surface area contributed by atoms with Crippen LogP contribution in [0.2, 0.25) is 0 Å². The minimum absolute atomic E-state index is 0.0556. The number of amides is 1. The molecule has 0 aliphatic carbocycles. The van der Waals surface area contributed by atoms with E-state index in [1.165, 1.54) is 4.31 Å². The van der Waals surface area contributed by atoms with Crippen LogP contribution in [0.5, 0.6) is 0 Å². The van der Waals surface area contributed by atoms with Crippen LogP contribution in [0.3, 0.4) is 0 Å². The van der Waals surface area contributed by atoms with Gasteiger partial charge in [0.05, 0.1) is 10.6 Å². The number of nitrogens with one attached hydrogen (secondary N) is 1. The largest absolute Gasteiger partial charge is 0.348 e. The fraction of sp³-hybridized carbons (Fsp3) is 0.524. The van der Waals surface area contributed by atoms with Gasteiger partial charge < -0.3 is 5.32 Å². The van der Waals surface area contributed by atoms with E-state index >= 15 is 0 Å². The van der Waals surface area contributed by atoms with Crippen molar-refractivity contribution in [2.75, 3.05) is 13.1 Å². The lowest BCUT2D eigenvalue weighted by Crippen LogP contribution is -2.46. The van der Waals surface area contributed by atoms with Gasteiger partial charge in [-0.25, -0.2) is 8.42 Å². The van der Waals surface area contributed by atoms with Crippen molar-refractivity contribution in [1.82, 2.24) is 19.4 Å². The quantitative estimate of drug-likeness (QED) is 0.827. The molecule has 0 saturated carbocycles. The Kier molecular flexibility index (Phi) is 5.87. The Labute approximate surface area is 173 Å². The van der Waals surface area contributed by atoms with Crippen LogP contribution in [0.15, 0.2) is 35.2 Å². The van der Waals surface area contributed by atoms with E-state index in [9.17, 15) is 13.2 Å². The van der Waals surface area contributed by atoms with Crippen molar-refractivity contribution < 1.29 is 13.2 Å². The predicted molar refractivity (Wildman–Crippen MR) is 112 cm³/mol. The number of hydrogen-bond donors (Lipinski definition) is 1. The van der Waals surface area contributed by atoms with Gasteiger partial charge in [0, 0.05) is 31.6 Å². The zero-order valence-corrected chi connectivity index (χ0v) is 18.6. The van der Waals surface area contributed by atoms with E-state index in [0.29, 0.717) is 36.5 Å². The first-order valence-corrected chi connectivity index (χ1v) is 11.3. The Morgan fingerprint density at radius 3 is 2.24 bits per heavy atom. The van der Waals surface area contributed by atoms with Crippen molar-refractivity contribution in [3.8, 4) is 0 Å². The summed E-state index contributed by atoms with van der Waals surface area (Å²) in [6, 6.07) is 8.67. The number of carbonyl (C=O) groups excluding carboxylic acids is 1. The summed E-state index contributed by atoms with van der Waals surface area (Å²) in [6.45, 7) is 8.88. The molecule has 1 aliphatic rings. The molecule has 0 spiro atoms. The molecule has 1 saturated heterocycles. The lowest BCUT2D eigenvalue weighted by molar-refractivity contribution is 0.0914. The molecular weight excluding hydrogens is 388 g/mol. The fourth-order valence-electron chi connectivity index (χ4n) is 3.41. The van der Waals surface area contributed by atoms with E-state index in [4.69, 9.17) is 0 Å². The zero-order valence-electron chi connectivity index (χ0n) is 17.8. The summed E-state index contributed by atoms with van der Waals surface area (Å²) in [5.74, 6) is -0.171. The monoisotopic (exact) mass is 418 g/mol. The third-order valence-electron chi connectivity index (χ3n) is 5.33. The summed E-state index contributed by atoms with van der Waals surface area (Å²) in [4.78, 5) is 13.0. The van der Waals surface area contributed by atoms with Crippen LogP contribution in [0.4, 0.5) is 0 Å². The van der Waals surface area contributed by atoms with E-state index < -0.39 is 10.0 Å². The van der Waals surface area contributed by atoms with Gasteiger partial charge in [0.2, 0.25) is 10.0 Å². The molecule has 1 N–H and O–H groups in total. The van der Waals surface area contributed by atoms with E-state index in [1.54, 1.807) is 36.0 Å². The molecule has 1 aromatic carbocycles. The number of rotatable bonds is 4. The highest BCUT2D eigenvalue weighted by molar-refractivity contribution is 7.89. The summed E-state index contributed by atoms with van der Waals surface area (Å²) >= 11 is 0. The van der Waals surface area contributed by atoms with Crippen LogP contribution in [-0.4, -0.2) is 47.5 Å². The molecular formula is C21H30N4O3S. The smallest absolute Gasteiger partial charge is 0.269 e. The van der Waals surface area contributed by atoms with Gasteiger partial charge in [-0.1, -0.05) is 38.5 Å². The molecule has 3 rings (SSSR count). The van der Waals surface area contributed by atoms with Gasteiger partial charge in [0.1, 0.15) is 5.69 Å². The Balaban J connectivity index is 1.62. The molecule has 1 amide bonds. The van der Waals surface area contributed by atoms with E-state index in [-0.39, 0.29) is 17.4 Å². The van der Waals surface area contributed by atoms with Crippen LogP contribution in [0.1, 0.15) is 55.4 Å². The lowest BCUT2D eigenvalue weighted by Gasteiger charge is -2.31. The highest BCUT2D eigenvalue weighted by atomic mass is 32.2. The second kappa shape index (κ2) is 7.91. The van der Waals surface area contributed by atoms with Gasteiger partial charge in [-0.3, -0.25) is 9.48 Å². The molecule has 0 unspecified atom stereocenters. The lowest BCUT2D eigenvalue weighted by atomic mass is 9.92. The molecule has 7 nitrogen and oxygen atoms in total. The van der Waals surface area contributed by atoms with Crippen LogP contribution < -0.4 is 5.32 Å². The number of nitrogens with zero attached hydrogens (tertiary/aromatic N) is 3. The first-order chi connectivity index (χ1) is 13.5. The molecule has 0 radical (unpaired) electrons. The second-order valence-electron chi connectivity index (χ2n) is 8.75.